The van der Waals surface area contributed by atoms with Crippen molar-refractivity contribution in [1.29, 1.82) is 5.26 Å². The van der Waals surface area contributed by atoms with Crippen molar-refractivity contribution in [3.05, 3.63) is 59.9 Å². The van der Waals surface area contributed by atoms with Gasteiger partial charge >= 0.3 is 0 Å². The zero-order valence-corrected chi connectivity index (χ0v) is 11.2. The van der Waals surface area contributed by atoms with Crippen LogP contribution in [0.1, 0.15) is 16.8 Å². The standard InChI is InChI=1S/C16H13FN2O2/c17-12-7-8-15(20)14(11-12)16(21)19(10-4-9-18)13-5-2-1-3-6-13/h1-3,5-8,11,20H,4,10H2. The van der Waals surface area contributed by atoms with Crippen molar-refractivity contribution in [2.75, 3.05) is 11.4 Å². The van der Waals surface area contributed by atoms with Crippen LogP contribution in [0.2, 0.25) is 0 Å². The van der Waals surface area contributed by atoms with E-state index in [9.17, 15) is 14.3 Å². The second-order valence-electron chi connectivity index (χ2n) is 4.36. The summed E-state index contributed by atoms with van der Waals surface area (Å²) in [6, 6.07) is 13.9. The zero-order valence-electron chi connectivity index (χ0n) is 11.2. The van der Waals surface area contributed by atoms with Crippen molar-refractivity contribution < 1.29 is 14.3 Å². The lowest BCUT2D eigenvalue weighted by atomic mass is 10.1. The predicted molar refractivity (Wildman–Crippen MR) is 76.4 cm³/mol. The van der Waals surface area contributed by atoms with Gasteiger partial charge in [0.05, 0.1) is 18.1 Å². The molecule has 0 aliphatic rings. The number of hydrogen-bond acceptors (Lipinski definition) is 3. The molecule has 2 rings (SSSR count). The highest BCUT2D eigenvalue weighted by Crippen LogP contribution is 2.23. The first kappa shape index (κ1) is 14.5. The minimum Gasteiger partial charge on any atom is -0.507 e. The molecule has 1 amide bonds. The molecule has 0 aliphatic carbocycles. The maximum absolute atomic E-state index is 13.3. The van der Waals surface area contributed by atoms with Crippen LogP contribution in [0.4, 0.5) is 10.1 Å². The van der Waals surface area contributed by atoms with Gasteiger partial charge in [0, 0.05) is 12.2 Å². The molecule has 0 saturated carbocycles. The molecule has 0 spiro atoms. The lowest BCUT2D eigenvalue weighted by Gasteiger charge is -2.22. The number of anilines is 1. The van der Waals surface area contributed by atoms with E-state index in [1.165, 1.54) is 4.90 Å². The smallest absolute Gasteiger partial charge is 0.262 e. The minimum absolute atomic E-state index is 0.128. The molecule has 0 bridgehead atoms. The summed E-state index contributed by atoms with van der Waals surface area (Å²) in [7, 11) is 0. The number of aromatic hydroxyl groups is 1. The van der Waals surface area contributed by atoms with Crippen molar-refractivity contribution in [2.45, 2.75) is 6.42 Å². The molecular weight excluding hydrogens is 271 g/mol. The first-order valence-electron chi connectivity index (χ1n) is 6.36. The van der Waals surface area contributed by atoms with Crippen LogP contribution in [0.25, 0.3) is 0 Å². The summed E-state index contributed by atoms with van der Waals surface area (Å²) < 4.78 is 13.3. The lowest BCUT2D eigenvalue weighted by Crippen LogP contribution is -2.31. The van der Waals surface area contributed by atoms with Crippen LogP contribution in [0.3, 0.4) is 0 Å². The number of amides is 1. The topological polar surface area (TPSA) is 64.3 Å². The normalized spacial score (nSPS) is 9.90. The molecule has 0 saturated heterocycles. The van der Waals surface area contributed by atoms with Crippen molar-refractivity contribution in [3.63, 3.8) is 0 Å². The number of nitriles is 1. The number of benzene rings is 2. The number of phenols is 1. The van der Waals surface area contributed by atoms with Gasteiger partial charge in [0.25, 0.3) is 5.91 Å². The summed E-state index contributed by atoms with van der Waals surface area (Å²) in [4.78, 5) is 13.9. The molecule has 0 heterocycles. The van der Waals surface area contributed by atoms with Gasteiger partial charge in [-0.1, -0.05) is 18.2 Å². The van der Waals surface area contributed by atoms with E-state index in [4.69, 9.17) is 5.26 Å². The molecule has 0 aromatic heterocycles. The summed E-state index contributed by atoms with van der Waals surface area (Å²) in [6.07, 6.45) is 0.136. The lowest BCUT2D eigenvalue weighted by molar-refractivity contribution is 0.0984. The van der Waals surface area contributed by atoms with Gasteiger partial charge in [0.15, 0.2) is 0 Å². The van der Waals surface area contributed by atoms with Crippen LogP contribution < -0.4 is 4.90 Å². The van der Waals surface area contributed by atoms with E-state index < -0.39 is 11.7 Å². The fourth-order valence-electron chi connectivity index (χ4n) is 1.94. The minimum atomic E-state index is -0.607. The zero-order chi connectivity index (χ0) is 15.2. The molecule has 4 nitrogen and oxygen atoms in total. The summed E-state index contributed by atoms with van der Waals surface area (Å²) in [5.41, 5.74) is 0.457. The summed E-state index contributed by atoms with van der Waals surface area (Å²) in [5, 5.41) is 18.5. The van der Waals surface area contributed by atoms with Crippen LogP contribution >= 0.6 is 0 Å². The third-order valence-electron chi connectivity index (χ3n) is 2.95. The summed E-state index contributed by atoms with van der Waals surface area (Å²) in [5.74, 6) is -1.45. The molecule has 5 heteroatoms. The molecular formula is C16H13FN2O2. The van der Waals surface area contributed by atoms with E-state index in [2.05, 4.69) is 0 Å². The van der Waals surface area contributed by atoms with Gasteiger partial charge in [0.1, 0.15) is 11.6 Å². The second kappa shape index (κ2) is 6.53. The average Bonchev–Trinajstić information content (AvgIpc) is 2.51. The number of phenolic OH excluding ortho intramolecular Hbond substituents is 1. The van der Waals surface area contributed by atoms with E-state index in [1.807, 2.05) is 6.07 Å². The Bertz CT molecular complexity index is 680. The monoisotopic (exact) mass is 284 g/mol. The molecule has 2 aromatic carbocycles. The number of para-hydroxylation sites is 1. The first-order valence-corrected chi connectivity index (χ1v) is 6.36. The van der Waals surface area contributed by atoms with E-state index in [0.29, 0.717) is 5.69 Å². The van der Waals surface area contributed by atoms with Crippen LogP contribution in [-0.4, -0.2) is 17.6 Å². The Morgan fingerprint density at radius 1 is 1.24 bits per heavy atom. The molecule has 0 radical (unpaired) electrons. The molecule has 106 valence electrons. The largest absolute Gasteiger partial charge is 0.507 e. The second-order valence-corrected chi connectivity index (χ2v) is 4.36. The predicted octanol–water partition coefficient (Wildman–Crippen LogP) is 3.09. The molecule has 2 aromatic rings. The Morgan fingerprint density at radius 2 is 1.95 bits per heavy atom. The van der Waals surface area contributed by atoms with Crippen LogP contribution in [-0.2, 0) is 0 Å². The summed E-state index contributed by atoms with van der Waals surface area (Å²) in [6.45, 7) is 0.162. The Hall–Kier alpha value is -2.87. The Morgan fingerprint density at radius 3 is 2.62 bits per heavy atom. The third-order valence-corrected chi connectivity index (χ3v) is 2.95. The molecule has 1 N–H and O–H groups in total. The number of hydrogen-bond donors (Lipinski definition) is 1. The van der Waals surface area contributed by atoms with Crippen molar-refractivity contribution in [3.8, 4) is 11.8 Å². The average molecular weight is 284 g/mol. The number of carbonyl (C=O) groups excluding carboxylic acids is 1. The van der Waals surface area contributed by atoms with Gasteiger partial charge in [-0.05, 0) is 30.3 Å². The Balaban J connectivity index is 2.39. The van der Waals surface area contributed by atoms with Crippen molar-refractivity contribution >= 4 is 11.6 Å². The van der Waals surface area contributed by atoms with E-state index >= 15 is 0 Å². The van der Waals surface area contributed by atoms with Crippen molar-refractivity contribution in [1.82, 2.24) is 0 Å². The number of rotatable bonds is 4. The van der Waals surface area contributed by atoms with Crippen LogP contribution in [0, 0.1) is 17.1 Å². The van der Waals surface area contributed by atoms with E-state index in [-0.39, 0.29) is 24.3 Å². The maximum atomic E-state index is 13.3. The molecule has 21 heavy (non-hydrogen) atoms. The van der Waals surface area contributed by atoms with Crippen LogP contribution in [0.5, 0.6) is 5.75 Å². The SMILES string of the molecule is N#CCCN(C(=O)c1cc(F)ccc1O)c1ccccc1. The number of nitrogens with zero attached hydrogens (tertiary/aromatic N) is 2. The van der Waals surface area contributed by atoms with Gasteiger partial charge in [0.2, 0.25) is 0 Å². The van der Waals surface area contributed by atoms with Crippen molar-refractivity contribution in [2.24, 2.45) is 0 Å². The van der Waals surface area contributed by atoms with E-state index in [0.717, 1.165) is 18.2 Å². The molecule has 0 atom stereocenters. The third kappa shape index (κ3) is 3.37. The van der Waals surface area contributed by atoms with Gasteiger partial charge in [-0.25, -0.2) is 4.39 Å². The number of halogens is 1. The fraction of sp³-hybridized carbons (Fsp3) is 0.125. The van der Waals surface area contributed by atoms with E-state index in [1.54, 1.807) is 30.3 Å². The number of carbonyl (C=O) groups is 1. The molecule has 0 unspecified atom stereocenters. The quantitative estimate of drug-likeness (QED) is 0.938. The molecule has 0 aliphatic heterocycles. The van der Waals surface area contributed by atoms with Gasteiger partial charge < -0.3 is 10.0 Å². The van der Waals surface area contributed by atoms with Gasteiger partial charge in [-0.15, -0.1) is 0 Å². The highest BCUT2D eigenvalue weighted by atomic mass is 19.1. The fourth-order valence-corrected chi connectivity index (χ4v) is 1.94. The molecule has 0 fully saturated rings. The maximum Gasteiger partial charge on any atom is 0.262 e. The Kier molecular flexibility index (Phi) is 4.52. The Labute approximate surface area is 121 Å². The first-order chi connectivity index (χ1) is 10.1. The van der Waals surface area contributed by atoms with Crippen LogP contribution in [0.15, 0.2) is 48.5 Å². The highest BCUT2D eigenvalue weighted by molar-refractivity contribution is 6.07. The highest BCUT2D eigenvalue weighted by Gasteiger charge is 2.20. The summed E-state index contributed by atoms with van der Waals surface area (Å²) >= 11 is 0. The van der Waals surface area contributed by atoms with Gasteiger partial charge in [-0.3, -0.25) is 4.79 Å². The van der Waals surface area contributed by atoms with Gasteiger partial charge in [-0.2, -0.15) is 5.26 Å².